The highest BCUT2D eigenvalue weighted by molar-refractivity contribution is 5.92. The van der Waals surface area contributed by atoms with Crippen LogP contribution in [0.3, 0.4) is 0 Å². The zero-order chi connectivity index (χ0) is 15.4. The summed E-state index contributed by atoms with van der Waals surface area (Å²) in [6, 6.07) is 11.9. The van der Waals surface area contributed by atoms with Crippen molar-refractivity contribution in [3.05, 3.63) is 58.0 Å². The minimum atomic E-state index is -0.168. The predicted octanol–water partition coefficient (Wildman–Crippen LogP) is 3.20. The Morgan fingerprint density at radius 3 is 2.86 bits per heavy atom. The van der Waals surface area contributed by atoms with Gasteiger partial charge in [-0.25, -0.2) is 10.4 Å². The topological polar surface area (TPSA) is 70.1 Å². The van der Waals surface area contributed by atoms with Crippen LogP contribution in [0.25, 0.3) is 0 Å². The van der Waals surface area contributed by atoms with E-state index in [2.05, 4.69) is 44.8 Å². The van der Waals surface area contributed by atoms with E-state index in [0.717, 1.165) is 25.0 Å². The molecule has 5 heteroatoms. The molecule has 0 saturated heterocycles. The van der Waals surface area contributed by atoms with Gasteiger partial charge >= 0.3 is 0 Å². The van der Waals surface area contributed by atoms with Crippen molar-refractivity contribution in [1.29, 1.82) is 0 Å². The molecule has 0 radical (unpaired) electrons. The summed E-state index contributed by atoms with van der Waals surface area (Å²) in [5.74, 6) is 0.744. The standard InChI is InChI=1S/C17H20N4O/c1-12-11-16(22)19-17(18-12)21-20-15-10-6-5-9-14(15)13-7-3-2-4-8-13/h2-4,7-8,11,14H,5-6,9-10H2,1H3,(H2,18,19,21,22)/t14-/m0/s1. The van der Waals surface area contributed by atoms with Crippen LogP contribution in [0.2, 0.25) is 0 Å². The highest BCUT2D eigenvalue weighted by Crippen LogP contribution is 2.30. The second-order valence-corrected chi connectivity index (χ2v) is 5.66. The van der Waals surface area contributed by atoms with Gasteiger partial charge in [-0.3, -0.25) is 9.78 Å². The van der Waals surface area contributed by atoms with Gasteiger partial charge in [0.15, 0.2) is 0 Å². The highest BCUT2D eigenvalue weighted by Gasteiger charge is 2.22. The van der Waals surface area contributed by atoms with Gasteiger partial charge in [0.2, 0.25) is 5.95 Å². The molecule has 1 fully saturated rings. The third kappa shape index (κ3) is 3.42. The number of anilines is 1. The number of hydrogen-bond acceptors (Lipinski definition) is 4. The number of nitrogens with zero attached hydrogens (tertiary/aromatic N) is 2. The Morgan fingerprint density at radius 2 is 2.09 bits per heavy atom. The third-order valence-corrected chi connectivity index (χ3v) is 3.96. The first kappa shape index (κ1) is 14.5. The van der Waals surface area contributed by atoms with Gasteiger partial charge in [0.25, 0.3) is 5.56 Å². The molecule has 1 atom stereocenters. The molecular weight excluding hydrogens is 276 g/mol. The Bertz CT molecular complexity index is 721. The SMILES string of the molecule is Cc1cc(=O)[nH]c(NN=C2CCCC[C@H]2c2ccccc2)n1. The summed E-state index contributed by atoms with van der Waals surface area (Å²) in [7, 11) is 0. The minimum Gasteiger partial charge on any atom is -0.291 e. The molecule has 0 spiro atoms. The Labute approximate surface area is 129 Å². The average Bonchev–Trinajstić information content (AvgIpc) is 2.53. The van der Waals surface area contributed by atoms with E-state index in [0.29, 0.717) is 17.6 Å². The van der Waals surface area contributed by atoms with Crippen LogP contribution in [0, 0.1) is 6.92 Å². The van der Waals surface area contributed by atoms with E-state index in [1.807, 2.05) is 6.07 Å². The predicted molar refractivity (Wildman–Crippen MR) is 88.3 cm³/mol. The van der Waals surface area contributed by atoms with Gasteiger partial charge in [0.1, 0.15) is 0 Å². The Balaban J connectivity index is 1.82. The van der Waals surface area contributed by atoms with E-state index in [-0.39, 0.29) is 5.56 Å². The first-order chi connectivity index (χ1) is 10.7. The number of nitrogens with one attached hydrogen (secondary N) is 2. The number of hydrogen-bond donors (Lipinski definition) is 2. The molecule has 1 aromatic carbocycles. The smallest absolute Gasteiger partial charge is 0.252 e. The number of rotatable bonds is 3. The maximum absolute atomic E-state index is 11.5. The number of hydrazone groups is 1. The van der Waals surface area contributed by atoms with E-state index in [1.165, 1.54) is 18.1 Å². The van der Waals surface area contributed by atoms with Crippen LogP contribution in [0.15, 0.2) is 46.3 Å². The van der Waals surface area contributed by atoms with Gasteiger partial charge in [-0.1, -0.05) is 36.8 Å². The molecule has 1 saturated carbocycles. The van der Waals surface area contributed by atoms with Crippen LogP contribution >= 0.6 is 0 Å². The summed E-state index contributed by atoms with van der Waals surface area (Å²) in [6.07, 6.45) is 4.46. The third-order valence-electron chi connectivity index (χ3n) is 3.96. The van der Waals surface area contributed by atoms with Gasteiger partial charge in [-0.2, -0.15) is 5.10 Å². The number of aryl methyl sites for hydroxylation is 1. The van der Waals surface area contributed by atoms with E-state index < -0.39 is 0 Å². The number of benzene rings is 1. The molecular formula is C17H20N4O. The molecule has 0 unspecified atom stereocenters. The van der Waals surface area contributed by atoms with E-state index in [1.54, 1.807) is 6.92 Å². The van der Waals surface area contributed by atoms with E-state index in [4.69, 9.17) is 0 Å². The largest absolute Gasteiger partial charge is 0.291 e. The Kier molecular flexibility index (Phi) is 4.32. The maximum atomic E-state index is 11.5. The molecule has 0 bridgehead atoms. The quantitative estimate of drug-likeness (QED) is 0.854. The summed E-state index contributed by atoms with van der Waals surface area (Å²) in [4.78, 5) is 18.4. The fourth-order valence-corrected chi connectivity index (χ4v) is 2.93. The molecule has 1 aliphatic carbocycles. The van der Waals surface area contributed by atoms with Crippen molar-refractivity contribution in [2.45, 2.75) is 38.5 Å². The fourth-order valence-electron chi connectivity index (χ4n) is 2.93. The van der Waals surface area contributed by atoms with Crippen molar-refractivity contribution in [2.24, 2.45) is 5.10 Å². The van der Waals surface area contributed by atoms with Gasteiger partial charge in [-0.05, 0) is 31.7 Å². The summed E-state index contributed by atoms with van der Waals surface area (Å²) >= 11 is 0. The van der Waals surface area contributed by atoms with Crippen LogP contribution in [-0.4, -0.2) is 15.7 Å². The van der Waals surface area contributed by atoms with E-state index in [9.17, 15) is 4.79 Å². The maximum Gasteiger partial charge on any atom is 0.252 e. The average molecular weight is 296 g/mol. The summed E-state index contributed by atoms with van der Waals surface area (Å²) < 4.78 is 0. The Hall–Kier alpha value is -2.43. The van der Waals surface area contributed by atoms with E-state index >= 15 is 0 Å². The van der Waals surface area contributed by atoms with Crippen LogP contribution in [0.5, 0.6) is 0 Å². The molecule has 1 heterocycles. The zero-order valence-electron chi connectivity index (χ0n) is 12.7. The van der Waals surface area contributed by atoms with Crippen molar-refractivity contribution in [1.82, 2.24) is 9.97 Å². The number of aromatic amines is 1. The molecule has 0 amide bonds. The second kappa shape index (κ2) is 6.56. The molecule has 2 aromatic rings. The molecule has 1 aromatic heterocycles. The van der Waals surface area contributed by atoms with Crippen LogP contribution < -0.4 is 11.0 Å². The lowest BCUT2D eigenvalue weighted by Crippen LogP contribution is -2.19. The van der Waals surface area contributed by atoms with Crippen molar-refractivity contribution in [3.8, 4) is 0 Å². The molecule has 2 N–H and O–H groups in total. The lowest BCUT2D eigenvalue weighted by molar-refractivity contribution is 0.611. The zero-order valence-corrected chi connectivity index (χ0v) is 12.7. The second-order valence-electron chi connectivity index (χ2n) is 5.66. The molecule has 5 nitrogen and oxygen atoms in total. The molecule has 0 aliphatic heterocycles. The summed E-state index contributed by atoms with van der Waals surface area (Å²) in [5.41, 5.74) is 5.85. The van der Waals surface area contributed by atoms with Crippen molar-refractivity contribution >= 4 is 11.7 Å². The van der Waals surface area contributed by atoms with Crippen LogP contribution in [0.1, 0.15) is 42.9 Å². The van der Waals surface area contributed by atoms with Gasteiger partial charge in [0.05, 0.1) is 0 Å². The van der Waals surface area contributed by atoms with Crippen molar-refractivity contribution in [3.63, 3.8) is 0 Å². The lowest BCUT2D eigenvalue weighted by atomic mass is 9.82. The molecule has 3 rings (SSSR count). The van der Waals surface area contributed by atoms with Gasteiger partial charge in [-0.15, -0.1) is 0 Å². The van der Waals surface area contributed by atoms with Crippen molar-refractivity contribution in [2.75, 3.05) is 5.43 Å². The number of H-pyrrole nitrogens is 1. The summed E-state index contributed by atoms with van der Waals surface area (Å²) in [6.45, 7) is 1.79. The first-order valence-corrected chi connectivity index (χ1v) is 7.68. The fraction of sp³-hybridized carbons (Fsp3) is 0.353. The first-order valence-electron chi connectivity index (χ1n) is 7.68. The van der Waals surface area contributed by atoms with Crippen LogP contribution in [-0.2, 0) is 0 Å². The normalized spacial score (nSPS) is 20.0. The molecule has 22 heavy (non-hydrogen) atoms. The lowest BCUT2D eigenvalue weighted by Gasteiger charge is -2.24. The van der Waals surface area contributed by atoms with Gasteiger partial charge < -0.3 is 0 Å². The number of aromatic nitrogens is 2. The Morgan fingerprint density at radius 1 is 1.27 bits per heavy atom. The highest BCUT2D eigenvalue weighted by atomic mass is 16.1. The summed E-state index contributed by atoms with van der Waals surface area (Å²) in [5, 5.41) is 4.53. The molecule has 114 valence electrons. The monoisotopic (exact) mass is 296 g/mol. The van der Waals surface area contributed by atoms with Crippen LogP contribution in [0.4, 0.5) is 5.95 Å². The molecule has 1 aliphatic rings. The minimum absolute atomic E-state index is 0.168. The van der Waals surface area contributed by atoms with Crippen molar-refractivity contribution < 1.29 is 0 Å². The van der Waals surface area contributed by atoms with Gasteiger partial charge in [0, 0.05) is 23.4 Å².